The lowest BCUT2D eigenvalue weighted by molar-refractivity contribution is -0.192. The van der Waals surface area contributed by atoms with Gasteiger partial charge in [-0.25, -0.2) is 4.79 Å². The lowest BCUT2D eigenvalue weighted by Gasteiger charge is -2.33. The highest BCUT2D eigenvalue weighted by Gasteiger charge is 2.38. The molecule has 1 amide bonds. The molecule has 0 radical (unpaired) electrons. The Morgan fingerprint density at radius 1 is 1.40 bits per heavy atom. The summed E-state index contributed by atoms with van der Waals surface area (Å²) in [5, 5.41) is 18.8. The first-order chi connectivity index (χ1) is 14.2. The van der Waals surface area contributed by atoms with Crippen LogP contribution in [0, 0.1) is 0 Å². The molecule has 30 heavy (non-hydrogen) atoms. The molecule has 0 aromatic carbocycles. The number of carbonyl (C=O) groups excluding carboxylic acids is 1. The van der Waals surface area contributed by atoms with Crippen LogP contribution in [0.2, 0.25) is 0 Å². The van der Waals surface area contributed by atoms with Gasteiger partial charge in [0.1, 0.15) is 6.61 Å². The van der Waals surface area contributed by atoms with Gasteiger partial charge in [0.15, 0.2) is 0 Å². The third-order valence-electron chi connectivity index (χ3n) is 4.26. The second kappa shape index (κ2) is 11.1. The van der Waals surface area contributed by atoms with Gasteiger partial charge in [-0.05, 0) is 34.9 Å². The van der Waals surface area contributed by atoms with E-state index in [4.69, 9.17) is 14.6 Å². The standard InChI is InChI=1S/C16H22N4O2S.C2HF3O2/c1-22-11-16(21)17-5-2-14-9-19(8-13-4-7-23-12-13)10-15-3-6-18-20(14)15;3-2(4,5)1(6)7/h3-4,6-7,12,14H,2,5,8-11H2,1H3,(H,17,21);(H,6,7). The number of aliphatic carboxylic acids is 1. The minimum absolute atomic E-state index is 0.0703. The summed E-state index contributed by atoms with van der Waals surface area (Å²) >= 11 is 1.73. The Kier molecular flexibility index (Phi) is 8.81. The first kappa shape index (κ1) is 23.8. The second-order valence-electron chi connectivity index (χ2n) is 6.60. The van der Waals surface area contributed by atoms with E-state index < -0.39 is 12.1 Å². The van der Waals surface area contributed by atoms with Crippen molar-refractivity contribution in [3.8, 4) is 0 Å². The number of nitrogens with one attached hydrogen (secondary N) is 1. The van der Waals surface area contributed by atoms with Crippen molar-refractivity contribution in [3.63, 3.8) is 0 Å². The molecule has 0 bridgehead atoms. The van der Waals surface area contributed by atoms with E-state index in [1.165, 1.54) is 18.4 Å². The zero-order valence-electron chi connectivity index (χ0n) is 16.3. The number of fused-ring (bicyclic) bond motifs is 1. The van der Waals surface area contributed by atoms with Crippen LogP contribution in [0.15, 0.2) is 29.1 Å². The molecule has 3 rings (SSSR count). The van der Waals surface area contributed by atoms with Gasteiger partial charge < -0.3 is 15.2 Å². The molecule has 0 saturated heterocycles. The molecule has 1 aliphatic rings. The lowest BCUT2D eigenvalue weighted by Crippen LogP contribution is -2.39. The van der Waals surface area contributed by atoms with Gasteiger partial charge in [-0.15, -0.1) is 0 Å². The largest absolute Gasteiger partial charge is 0.490 e. The third-order valence-corrected chi connectivity index (χ3v) is 4.99. The Morgan fingerprint density at radius 3 is 2.73 bits per heavy atom. The highest BCUT2D eigenvalue weighted by Crippen LogP contribution is 2.24. The summed E-state index contributed by atoms with van der Waals surface area (Å²) in [6.07, 6.45) is -2.36. The number of nitrogens with zero attached hydrogens (tertiary/aromatic N) is 3. The molecule has 1 atom stereocenters. The number of carboxylic acid groups (broad SMARTS) is 1. The van der Waals surface area contributed by atoms with Crippen molar-refractivity contribution < 1.29 is 32.6 Å². The van der Waals surface area contributed by atoms with Crippen molar-refractivity contribution in [1.82, 2.24) is 20.0 Å². The molecule has 0 aliphatic carbocycles. The van der Waals surface area contributed by atoms with E-state index >= 15 is 0 Å². The van der Waals surface area contributed by atoms with Crippen LogP contribution in [0.4, 0.5) is 13.2 Å². The van der Waals surface area contributed by atoms with Crippen molar-refractivity contribution >= 4 is 23.2 Å². The first-order valence-corrected chi connectivity index (χ1v) is 9.96. The highest BCUT2D eigenvalue weighted by atomic mass is 32.1. The average Bonchev–Trinajstić information content (AvgIpc) is 3.33. The zero-order chi connectivity index (χ0) is 22.1. The number of amides is 1. The van der Waals surface area contributed by atoms with Crippen molar-refractivity contribution in [2.24, 2.45) is 0 Å². The highest BCUT2D eigenvalue weighted by molar-refractivity contribution is 7.07. The number of alkyl halides is 3. The molecule has 0 fully saturated rings. The van der Waals surface area contributed by atoms with Gasteiger partial charge in [0, 0.05) is 39.5 Å². The Balaban J connectivity index is 0.000000396. The topological polar surface area (TPSA) is 96.7 Å². The molecule has 2 aromatic heterocycles. The van der Waals surface area contributed by atoms with Gasteiger partial charge in [0.05, 0.1) is 11.7 Å². The van der Waals surface area contributed by atoms with Gasteiger partial charge in [-0.3, -0.25) is 14.4 Å². The summed E-state index contributed by atoms with van der Waals surface area (Å²) in [7, 11) is 1.53. The minimum Gasteiger partial charge on any atom is -0.475 e. The Labute approximate surface area is 175 Å². The molecule has 12 heteroatoms. The molecule has 3 heterocycles. The number of aromatic nitrogens is 2. The van der Waals surface area contributed by atoms with Crippen LogP contribution in [-0.2, 0) is 27.4 Å². The van der Waals surface area contributed by atoms with Gasteiger partial charge >= 0.3 is 12.1 Å². The number of ether oxygens (including phenoxy) is 1. The SMILES string of the molecule is COCC(=O)NCCC1CN(Cc2ccsc2)Cc2ccnn21.O=C(O)C(F)(F)F. The van der Waals surface area contributed by atoms with Crippen LogP contribution in [0.5, 0.6) is 0 Å². The maximum absolute atomic E-state index is 11.5. The summed E-state index contributed by atoms with van der Waals surface area (Å²) in [4.78, 5) is 22.8. The molecule has 2 N–H and O–H groups in total. The lowest BCUT2D eigenvalue weighted by atomic mass is 10.1. The molecule has 166 valence electrons. The zero-order valence-corrected chi connectivity index (χ0v) is 17.1. The van der Waals surface area contributed by atoms with E-state index in [2.05, 4.69) is 42.9 Å². The van der Waals surface area contributed by atoms with Gasteiger partial charge in [-0.2, -0.15) is 29.6 Å². The Bertz CT molecular complexity index is 811. The molecule has 1 aliphatic heterocycles. The fourth-order valence-corrected chi connectivity index (χ4v) is 3.66. The maximum atomic E-state index is 11.5. The van der Waals surface area contributed by atoms with E-state index in [0.717, 1.165) is 26.1 Å². The van der Waals surface area contributed by atoms with Crippen molar-refractivity contribution in [1.29, 1.82) is 0 Å². The number of thiophene rings is 1. The number of hydrogen-bond donors (Lipinski definition) is 2. The van der Waals surface area contributed by atoms with Crippen LogP contribution in [0.1, 0.15) is 23.7 Å². The number of hydrogen-bond acceptors (Lipinski definition) is 6. The molecule has 8 nitrogen and oxygen atoms in total. The molecule has 1 unspecified atom stereocenters. The minimum atomic E-state index is -5.08. The fraction of sp³-hybridized carbons (Fsp3) is 0.500. The van der Waals surface area contributed by atoms with E-state index in [-0.39, 0.29) is 18.6 Å². The first-order valence-electron chi connectivity index (χ1n) is 9.02. The Hall–Kier alpha value is -2.44. The predicted octanol–water partition coefficient (Wildman–Crippen LogP) is 2.29. The average molecular weight is 448 g/mol. The van der Waals surface area contributed by atoms with Crippen molar-refractivity contribution in [3.05, 3.63) is 40.3 Å². The molecule has 0 saturated carbocycles. The summed E-state index contributed by atoms with van der Waals surface area (Å²) in [5.41, 5.74) is 2.59. The van der Waals surface area contributed by atoms with Crippen LogP contribution in [0.3, 0.4) is 0 Å². The van der Waals surface area contributed by atoms with Crippen molar-refractivity contribution in [2.75, 3.05) is 26.8 Å². The third kappa shape index (κ3) is 7.43. The number of carboxylic acids is 1. The summed E-state index contributed by atoms with van der Waals surface area (Å²) in [5.74, 6) is -2.83. The molecule has 0 spiro atoms. The Morgan fingerprint density at radius 2 is 2.13 bits per heavy atom. The van der Waals surface area contributed by atoms with Crippen molar-refractivity contribution in [2.45, 2.75) is 31.7 Å². The van der Waals surface area contributed by atoms with Crippen LogP contribution < -0.4 is 5.32 Å². The van der Waals surface area contributed by atoms with Gasteiger partial charge in [0.2, 0.25) is 5.91 Å². The smallest absolute Gasteiger partial charge is 0.475 e. The summed E-state index contributed by atoms with van der Waals surface area (Å²) < 4.78 is 38.7. The number of halogens is 3. The monoisotopic (exact) mass is 448 g/mol. The van der Waals surface area contributed by atoms with Crippen LogP contribution in [0.25, 0.3) is 0 Å². The number of methoxy groups -OCH3 is 1. The number of carbonyl (C=O) groups is 2. The maximum Gasteiger partial charge on any atom is 0.490 e. The van der Waals surface area contributed by atoms with E-state index in [1.807, 2.05) is 6.20 Å². The number of rotatable bonds is 7. The molecular formula is C18H23F3N4O4S. The second-order valence-corrected chi connectivity index (χ2v) is 7.38. The van der Waals surface area contributed by atoms with Gasteiger partial charge in [-0.1, -0.05) is 0 Å². The van der Waals surface area contributed by atoms with Gasteiger partial charge in [0.25, 0.3) is 0 Å². The molecular weight excluding hydrogens is 425 g/mol. The summed E-state index contributed by atoms with van der Waals surface area (Å²) in [6, 6.07) is 4.54. The quantitative estimate of drug-likeness (QED) is 0.675. The van der Waals surface area contributed by atoms with Crippen LogP contribution in [-0.4, -0.2) is 64.6 Å². The molecule has 2 aromatic rings. The summed E-state index contributed by atoms with van der Waals surface area (Å²) in [6.45, 7) is 3.58. The van der Waals surface area contributed by atoms with E-state index in [1.54, 1.807) is 11.3 Å². The normalized spacial score (nSPS) is 16.3. The fourth-order valence-electron chi connectivity index (χ4n) is 3.00. The predicted molar refractivity (Wildman–Crippen MR) is 103 cm³/mol. The van der Waals surface area contributed by atoms with E-state index in [0.29, 0.717) is 6.54 Å². The van der Waals surface area contributed by atoms with Crippen LogP contribution >= 0.6 is 11.3 Å². The van der Waals surface area contributed by atoms with E-state index in [9.17, 15) is 18.0 Å².